The van der Waals surface area contributed by atoms with Gasteiger partial charge in [0.2, 0.25) is 5.91 Å². The summed E-state index contributed by atoms with van der Waals surface area (Å²) in [5, 5.41) is 5.59. The van der Waals surface area contributed by atoms with E-state index in [1.807, 2.05) is 18.2 Å². The largest absolute Gasteiger partial charge is 0.355 e. The topological polar surface area (TPSA) is 61.4 Å². The Balaban J connectivity index is 2.12. The van der Waals surface area contributed by atoms with E-state index in [0.29, 0.717) is 19.4 Å². The van der Waals surface area contributed by atoms with Crippen molar-refractivity contribution in [3.63, 3.8) is 0 Å². The van der Waals surface area contributed by atoms with Crippen LogP contribution in [0.5, 0.6) is 0 Å². The van der Waals surface area contributed by atoms with E-state index in [1.54, 1.807) is 6.07 Å². The molecule has 186 valence electrons. The second-order valence-corrected chi connectivity index (χ2v) is 9.81. The third-order valence-corrected chi connectivity index (χ3v) is 6.48. The van der Waals surface area contributed by atoms with Gasteiger partial charge in [-0.1, -0.05) is 71.0 Å². The number of hydrogen-bond acceptors (Lipinski definition) is 3. The smallest absolute Gasteiger partial charge is 0.253 e. The van der Waals surface area contributed by atoms with Crippen molar-refractivity contribution in [3.8, 4) is 0 Å². The van der Waals surface area contributed by atoms with Crippen LogP contribution in [0.4, 0.5) is 4.39 Å². The van der Waals surface area contributed by atoms with Gasteiger partial charge in [-0.2, -0.15) is 0 Å². The van der Waals surface area contributed by atoms with E-state index in [1.165, 1.54) is 19.2 Å². The molecule has 0 fully saturated rings. The average molecular weight is 470 g/mol. The van der Waals surface area contributed by atoms with Gasteiger partial charge >= 0.3 is 0 Å². The van der Waals surface area contributed by atoms with Crippen molar-refractivity contribution in [1.82, 2.24) is 15.5 Å². The van der Waals surface area contributed by atoms with Crippen LogP contribution in [0.25, 0.3) is 0 Å². The highest BCUT2D eigenvalue weighted by Crippen LogP contribution is 2.37. The van der Waals surface area contributed by atoms with Crippen molar-refractivity contribution in [2.75, 3.05) is 26.7 Å². The Kier molecular flexibility index (Phi) is 10.2. The molecule has 6 heteroatoms. The lowest BCUT2D eigenvalue weighted by Gasteiger charge is -2.32. The molecule has 0 aliphatic carbocycles. The summed E-state index contributed by atoms with van der Waals surface area (Å²) >= 11 is 0. The van der Waals surface area contributed by atoms with E-state index in [-0.39, 0.29) is 28.8 Å². The van der Waals surface area contributed by atoms with Gasteiger partial charge in [0.25, 0.3) is 5.91 Å². The molecular formula is C28H40FN3O2. The Labute approximate surface area is 204 Å². The summed E-state index contributed by atoms with van der Waals surface area (Å²) in [7, 11) is 1.48. The Hall–Kier alpha value is -2.73. The van der Waals surface area contributed by atoms with Gasteiger partial charge in [-0.15, -0.1) is 0 Å². The molecule has 5 nitrogen and oxygen atoms in total. The highest BCUT2D eigenvalue weighted by Gasteiger charge is 2.29. The first-order valence-corrected chi connectivity index (χ1v) is 12.2. The van der Waals surface area contributed by atoms with Crippen LogP contribution in [0, 0.1) is 11.2 Å². The summed E-state index contributed by atoms with van der Waals surface area (Å²) in [6, 6.07) is 14.9. The van der Waals surface area contributed by atoms with Crippen molar-refractivity contribution in [2.24, 2.45) is 5.41 Å². The molecule has 2 unspecified atom stereocenters. The fourth-order valence-corrected chi connectivity index (χ4v) is 4.45. The minimum absolute atomic E-state index is 0.0158. The van der Waals surface area contributed by atoms with Gasteiger partial charge in [0.1, 0.15) is 5.82 Å². The van der Waals surface area contributed by atoms with Crippen molar-refractivity contribution >= 4 is 11.8 Å². The molecule has 0 spiro atoms. The van der Waals surface area contributed by atoms with E-state index >= 15 is 0 Å². The minimum Gasteiger partial charge on any atom is -0.355 e. The number of hydrogen-bond donors (Lipinski definition) is 2. The molecule has 2 atom stereocenters. The summed E-state index contributed by atoms with van der Waals surface area (Å²) < 4.78 is 14.5. The first-order chi connectivity index (χ1) is 16.1. The molecule has 0 bridgehead atoms. The Morgan fingerprint density at radius 1 is 1.03 bits per heavy atom. The zero-order chi connectivity index (χ0) is 25.3. The Morgan fingerprint density at radius 2 is 1.68 bits per heavy atom. The molecule has 2 aromatic carbocycles. The molecule has 2 aromatic rings. The van der Waals surface area contributed by atoms with Crippen LogP contribution in [0.15, 0.2) is 48.5 Å². The normalized spacial score (nSPS) is 13.4. The van der Waals surface area contributed by atoms with Crippen LogP contribution < -0.4 is 10.6 Å². The lowest BCUT2D eigenvalue weighted by molar-refractivity contribution is -0.122. The second kappa shape index (κ2) is 12.7. The summed E-state index contributed by atoms with van der Waals surface area (Å²) in [5.41, 5.74) is 1.94. The molecule has 0 aliphatic heterocycles. The van der Waals surface area contributed by atoms with Gasteiger partial charge < -0.3 is 10.6 Å². The summed E-state index contributed by atoms with van der Waals surface area (Å²) in [5.74, 6) is -0.854. The van der Waals surface area contributed by atoms with Crippen molar-refractivity contribution in [1.29, 1.82) is 0 Å². The number of benzene rings is 2. The number of rotatable bonds is 11. The highest BCUT2D eigenvalue weighted by molar-refractivity contribution is 5.94. The molecule has 0 radical (unpaired) electrons. The SMILES string of the molecule is CCN(CC)C(CNC(=O)CC(c1ccccc1)C(C)(C)C)Cc1ccc(C(=O)NC)c(F)c1. The van der Waals surface area contributed by atoms with Crippen molar-refractivity contribution in [3.05, 3.63) is 71.0 Å². The fourth-order valence-electron chi connectivity index (χ4n) is 4.45. The van der Waals surface area contributed by atoms with Crippen molar-refractivity contribution < 1.29 is 14.0 Å². The first-order valence-electron chi connectivity index (χ1n) is 12.2. The van der Waals surface area contributed by atoms with E-state index in [2.05, 4.69) is 62.3 Å². The predicted octanol–water partition coefficient (Wildman–Crippen LogP) is 4.77. The summed E-state index contributed by atoms with van der Waals surface area (Å²) in [4.78, 5) is 27.1. The zero-order valence-corrected chi connectivity index (χ0v) is 21.5. The molecule has 0 heterocycles. The molecule has 2 N–H and O–H groups in total. The van der Waals surface area contributed by atoms with Gasteiger partial charge in [0.05, 0.1) is 5.56 Å². The fraction of sp³-hybridized carbons (Fsp3) is 0.500. The van der Waals surface area contributed by atoms with Gasteiger partial charge in [0, 0.05) is 26.1 Å². The molecule has 0 aromatic heterocycles. The van der Waals surface area contributed by atoms with E-state index in [0.717, 1.165) is 24.2 Å². The summed E-state index contributed by atoms with van der Waals surface area (Å²) in [6.07, 6.45) is 0.988. The molecule has 34 heavy (non-hydrogen) atoms. The number of amides is 2. The number of nitrogens with one attached hydrogen (secondary N) is 2. The lowest BCUT2D eigenvalue weighted by atomic mass is 9.74. The van der Waals surface area contributed by atoms with Crippen LogP contribution in [0.1, 0.15) is 68.4 Å². The van der Waals surface area contributed by atoms with Crippen LogP contribution in [0.2, 0.25) is 0 Å². The predicted molar refractivity (Wildman–Crippen MR) is 136 cm³/mol. The quantitative estimate of drug-likeness (QED) is 0.498. The number of halogens is 1. The Bertz CT molecular complexity index is 936. The molecule has 2 rings (SSSR count). The zero-order valence-electron chi connectivity index (χ0n) is 21.5. The second-order valence-electron chi connectivity index (χ2n) is 9.81. The highest BCUT2D eigenvalue weighted by atomic mass is 19.1. The maximum atomic E-state index is 14.5. The van der Waals surface area contributed by atoms with Gasteiger partial charge in [-0.05, 0) is 54.1 Å². The number of nitrogens with zero attached hydrogens (tertiary/aromatic N) is 1. The summed E-state index contributed by atoms with van der Waals surface area (Å²) in [6.45, 7) is 12.8. The monoisotopic (exact) mass is 469 g/mol. The molecule has 0 aliphatic rings. The van der Waals surface area contributed by atoms with Crippen LogP contribution >= 0.6 is 0 Å². The van der Waals surface area contributed by atoms with Gasteiger partial charge in [-0.25, -0.2) is 4.39 Å². The van der Waals surface area contributed by atoms with E-state index in [4.69, 9.17) is 0 Å². The number of likely N-dealkylation sites (N-methyl/N-ethyl adjacent to an activating group) is 1. The van der Waals surface area contributed by atoms with Crippen LogP contribution in [-0.2, 0) is 11.2 Å². The average Bonchev–Trinajstić information content (AvgIpc) is 2.81. The lowest BCUT2D eigenvalue weighted by Crippen LogP contribution is -2.45. The molecule has 0 saturated heterocycles. The van der Waals surface area contributed by atoms with Crippen LogP contribution in [-0.4, -0.2) is 49.4 Å². The van der Waals surface area contributed by atoms with E-state index in [9.17, 15) is 14.0 Å². The number of carbonyl (C=O) groups is 2. The third-order valence-electron chi connectivity index (χ3n) is 6.48. The maximum Gasteiger partial charge on any atom is 0.253 e. The van der Waals surface area contributed by atoms with Gasteiger partial charge in [-0.3, -0.25) is 14.5 Å². The molecular weight excluding hydrogens is 429 g/mol. The van der Waals surface area contributed by atoms with E-state index < -0.39 is 11.7 Å². The minimum atomic E-state index is -0.532. The molecule has 0 saturated carbocycles. The first kappa shape index (κ1) is 27.5. The van der Waals surface area contributed by atoms with Crippen molar-refractivity contribution in [2.45, 2.75) is 59.4 Å². The van der Waals surface area contributed by atoms with Crippen LogP contribution in [0.3, 0.4) is 0 Å². The number of carbonyl (C=O) groups excluding carboxylic acids is 2. The standard InChI is InChI=1S/C28H40FN3O2/c1-7-32(8-2)22(16-20-14-15-23(25(29)17-20)27(34)30-6)19-31-26(33)18-24(28(3,4)5)21-12-10-9-11-13-21/h9-15,17,22,24H,7-8,16,18-19H2,1-6H3,(H,30,34)(H,31,33). The third kappa shape index (κ3) is 7.66. The van der Waals surface area contributed by atoms with Gasteiger partial charge in [0.15, 0.2) is 0 Å². The maximum absolute atomic E-state index is 14.5. The molecule has 2 amide bonds. The Morgan fingerprint density at radius 3 is 2.21 bits per heavy atom.